The fraction of sp³-hybridized carbons (Fsp3) is 0.471. The summed E-state index contributed by atoms with van der Waals surface area (Å²) < 4.78 is 7.81. The number of hydrogen-bond acceptors (Lipinski definition) is 5. The average molecular weight is 488 g/mol. The second-order valence-electron chi connectivity index (χ2n) is 6.74. The highest BCUT2D eigenvalue weighted by Crippen LogP contribution is 2.22. The molecule has 0 saturated carbocycles. The van der Waals surface area contributed by atoms with Gasteiger partial charge in [0, 0.05) is 29.7 Å². The van der Waals surface area contributed by atoms with Gasteiger partial charge in [0.05, 0.1) is 25.0 Å². The molecule has 3 rings (SSSR count). The summed E-state index contributed by atoms with van der Waals surface area (Å²) in [6.45, 7) is 10.1. The van der Waals surface area contributed by atoms with Gasteiger partial charge in [0.25, 0.3) is 0 Å². The fourth-order valence-corrected chi connectivity index (χ4v) is 2.97. The summed E-state index contributed by atoms with van der Waals surface area (Å²) in [4.78, 5) is 14.4. The predicted molar refractivity (Wildman–Crippen MR) is 115 cm³/mol. The maximum absolute atomic E-state index is 5.80. The van der Waals surface area contributed by atoms with Crippen molar-refractivity contribution in [3.8, 4) is 0 Å². The van der Waals surface area contributed by atoms with Crippen molar-refractivity contribution in [1.82, 2.24) is 25.0 Å². The third kappa shape index (κ3) is 5.19. The van der Waals surface area contributed by atoms with Crippen LogP contribution in [-0.2, 0) is 18.5 Å². The molecule has 3 heterocycles. The molecule has 142 valence electrons. The molecular formula is C17H25IN6OS. The van der Waals surface area contributed by atoms with Gasteiger partial charge in [-0.1, -0.05) is 20.8 Å². The minimum absolute atomic E-state index is 0. The average Bonchev–Trinajstić information content (AvgIpc) is 3.24. The second kappa shape index (κ2) is 8.85. The van der Waals surface area contributed by atoms with Crippen molar-refractivity contribution >= 4 is 46.2 Å². The summed E-state index contributed by atoms with van der Waals surface area (Å²) in [6, 6.07) is 0. The van der Waals surface area contributed by atoms with Crippen LogP contribution in [0, 0.1) is 0 Å². The highest BCUT2D eigenvalue weighted by Gasteiger charge is 2.19. The van der Waals surface area contributed by atoms with Crippen LogP contribution in [0.15, 0.2) is 33.4 Å². The van der Waals surface area contributed by atoms with Crippen molar-refractivity contribution in [1.29, 1.82) is 0 Å². The molecule has 2 N–H and O–H groups in total. The Morgan fingerprint density at radius 2 is 2.15 bits per heavy atom. The van der Waals surface area contributed by atoms with Crippen molar-refractivity contribution in [2.45, 2.75) is 46.2 Å². The Morgan fingerprint density at radius 1 is 1.35 bits per heavy atom. The molecule has 0 saturated heterocycles. The van der Waals surface area contributed by atoms with Gasteiger partial charge in [-0.3, -0.25) is 4.40 Å². The third-order valence-electron chi connectivity index (χ3n) is 3.59. The lowest BCUT2D eigenvalue weighted by molar-refractivity contribution is 0.379. The Morgan fingerprint density at radius 3 is 2.81 bits per heavy atom. The minimum atomic E-state index is -0.0438. The molecule has 0 unspecified atom stereocenters. The summed E-state index contributed by atoms with van der Waals surface area (Å²) in [5.41, 5.74) is 0.896. The molecule has 9 heteroatoms. The van der Waals surface area contributed by atoms with E-state index in [4.69, 9.17) is 4.42 Å². The number of oxazole rings is 1. The van der Waals surface area contributed by atoms with Gasteiger partial charge in [-0.25, -0.2) is 15.0 Å². The summed E-state index contributed by atoms with van der Waals surface area (Å²) in [5.74, 6) is 2.25. The van der Waals surface area contributed by atoms with Crippen LogP contribution in [0.4, 0.5) is 0 Å². The number of nitrogens with zero attached hydrogens (tertiary/aromatic N) is 4. The Labute approximate surface area is 174 Å². The summed E-state index contributed by atoms with van der Waals surface area (Å²) in [6.07, 6.45) is 5.79. The van der Waals surface area contributed by atoms with E-state index in [-0.39, 0.29) is 29.4 Å². The van der Waals surface area contributed by atoms with Crippen LogP contribution in [0.2, 0.25) is 0 Å². The molecule has 0 fully saturated rings. The highest BCUT2D eigenvalue weighted by molar-refractivity contribution is 14.0. The van der Waals surface area contributed by atoms with Crippen molar-refractivity contribution in [2.24, 2.45) is 4.99 Å². The number of aromatic nitrogens is 3. The molecule has 7 nitrogen and oxygen atoms in total. The zero-order valence-electron chi connectivity index (χ0n) is 15.4. The molecule has 3 aromatic rings. The van der Waals surface area contributed by atoms with Gasteiger partial charge in [-0.05, 0) is 6.92 Å². The van der Waals surface area contributed by atoms with Crippen LogP contribution in [0.3, 0.4) is 0 Å². The van der Waals surface area contributed by atoms with E-state index in [9.17, 15) is 0 Å². The number of imidazole rings is 1. The standard InChI is InChI=1S/C17H24N6OS.HI/c1-5-18-15(20-8-12-11-23-6-7-25-16(23)22-12)21-10-14-19-9-13(24-14)17(2,3)4;/h6-7,9,11H,5,8,10H2,1-4H3,(H2,18,20,21);1H. The van der Waals surface area contributed by atoms with E-state index in [0.717, 1.165) is 28.9 Å². The second-order valence-corrected chi connectivity index (χ2v) is 7.62. The first-order chi connectivity index (χ1) is 12.0. The number of nitrogens with one attached hydrogen (secondary N) is 2. The van der Waals surface area contributed by atoms with Crippen LogP contribution in [0.1, 0.15) is 45.0 Å². The molecule has 0 aromatic carbocycles. The van der Waals surface area contributed by atoms with Crippen LogP contribution < -0.4 is 10.6 Å². The van der Waals surface area contributed by atoms with E-state index in [1.165, 1.54) is 0 Å². The molecule has 0 aliphatic rings. The predicted octanol–water partition coefficient (Wildman–Crippen LogP) is 3.55. The number of fused-ring (bicyclic) bond motifs is 1. The van der Waals surface area contributed by atoms with E-state index in [2.05, 4.69) is 46.4 Å². The summed E-state index contributed by atoms with van der Waals surface area (Å²) >= 11 is 1.62. The van der Waals surface area contributed by atoms with Gasteiger partial charge < -0.3 is 15.1 Å². The molecule has 0 bridgehead atoms. The smallest absolute Gasteiger partial charge is 0.213 e. The molecule has 0 aliphatic carbocycles. The molecule has 26 heavy (non-hydrogen) atoms. The van der Waals surface area contributed by atoms with Crippen molar-refractivity contribution in [3.63, 3.8) is 0 Å². The lowest BCUT2D eigenvalue weighted by Crippen LogP contribution is -2.36. The van der Waals surface area contributed by atoms with Crippen LogP contribution in [0.25, 0.3) is 4.96 Å². The van der Waals surface area contributed by atoms with Crippen LogP contribution >= 0.6 is 35.3 Å². The Bertz CT molecular complexity index is 831. The van der Waals surface area contributed by atoms with Gasteiger partial charge in [0.2, 0.25) is 5.89 Å². The number of guanidine groups is 1. The molecule has 0 amide bonds. The number of aliphatic imine (C=N–C) groups is 1. The molecule has 3 aromatic heterocycles. The molecular weight excluding hydrogens is 463 g/mol. The summed E-state index contributed by atoms with van der Waals surface area (Å²) in [5, 5.41) is 8.49. The van der Waals surface area contributed by atoms with E-state index in [1.54, 1.807) is 17.5 Å². The largest absolute Gasteiger partial charge is 0.443 e. The molecule has 0 spiro atoms. The van der Waals surface area contributed by atoms with Crippen molar-refractivity contribution < 1.29 is 4.42 Å². The van der Waals surface area contributed by atoms with Gasteiger partial charge in [0.1, 0.15) is 5.76 Å². The molecule has 0 atom stereocenters. The van der Waals surface area contributed by atoms with E-state index in [0.29, 0.717) is 19.0 Å². The Balaban J connectivity index is 0.00000243. The number of halogens is 1. The van der Waals surface area contributed by atoms with E-state index in [1.807, 2.05) is 29.1 Å². The Kier molecular flexibility index (Phi) is 7.04. The van der Waals surface area contributed by atoms with E-state index < -0.39 is 0 Å². The van der Waals surface area contributed by atoms with Gasteiger partial charge in [-0.2, -0.15) is 0 Å². The number of rotatable bonds is 5. The topological polar surface area (TPSA) is 79.8 Å². The first kappa shape index (κ1) is 20.7. The fourth-order valence-electron chi connectivity index (χ4n) is 2.25. The highest BCUT2D eigenvalue weighted by atomic mass is 127. The van der Waals surface area contributed by atoms with Crippen LogP contribution in [0.5, 0.6) is 0 Å². The van der Waals surface area contributed by atoms with Crippen molar-refractivity contribution in [2.75, 3.05) is 6.54 Å². The number of hydrogen-bond donors (Lipinski definition) is 2. The lowest BCUT2D eigenvalue weighted by atomic mass is 9.94. The minimum Gasteiger partial charge on any atom is -0.443 e. The maximum Gasteiger partial charge on any atom is 0.213 e. The lowest BCUT2D eigenvalue weighted by Gasteiger charge is -2.13. The van der Waals surface area contributed by atoms with Gasteiger partial charge in [-0.15, -0.1) is 35.3 Å². The van der Waals surface area contributed by atoms with Crippen molar-refractivity contribution in [3.05, 3.63) is 41.3 Å². The third-order valence-corrected chi connectivity index (χ3v) is 4.36. The zero-order valence-corrected chi connectivity index (χ0v) is 18.6. The number of thiazole rings is 1. The first-order valence-electron chi connectivity index (χ1n) is 8.34. The van der Waals surface area contributed by atoms with E-state index >= 15 is 0 Å². The van der Waals surface area contributed by atoms with Gasteiger partial charge >= 0.3 is 0 Å². The normalized spacial score (nSPS) is 12.2. The maximum atomic E-state index is 5.80. The van der Waals surface area contributed by atoms with Crippen LogP contribution in [-0.4, -0.2) is 26.9 Å². The summed E-state index contributed by atoms with van der Waals surface area (Å²) in [7, 11) is 0. The Hall–Kier alpha value is -1.62. The zero-order chi connectivity index (χ0) is 17.9. The van der Waals surface area contributed by atoms with Gasteiger partial charge in [0.15, 0.2) is 10.9 Å². The first-order valence-corrected chi connectivity index (χ1v) is 9.22. The monoisotopic (exact) mass is 488 g/mol. The SMILES string of the molecule is CCNC(=NCc1cn2ccsc2n1)NCc1ncc(C(C)(C)C)o1.I. The quantitative estimate of drug-likeness (QED) is 0.326. The molecule has 0 radical (unpaired) electrons. The molecule has 0 aliphatic heterocycles.